The van der Waals surface area contributed by atoms with E-state index in [9.17, 15) is 0 Å². The molecule has 0 spiro atoms. The minimum absolute atomic E-state index is 0.246. The number of nitrogens with zero attached hydrogens (tertiary/aromatic N) is 5. The first-order valence-electron chi connectivity index (χ1n) is 6.13. The second-order valence-corrected chi connectivity index (χ2v) is 4.41. The Balaban J connectivity index is 1.96. The number of nitrogen functional groups attached to an aromatic ring is 1. The average Bonchev–Trinajstić information content (AvgIpc) is 2.89. The molecule has 0 saturated heterocycles. The van der Waals surface area contributed by atoms with Gasteiger partial charge in [0.05, 0.1) is 28.4 Å². The molecule has 4 aromatic heterocycles. The van der Waals surface area contributed by atoms with Crippen LogP contribution in [0, 0.1) is 0 Å². The molecule has 6 heteroatoms. The van der Waals surface area contributed by atoms with Crippen molar-refractivity contribution in [2.75, 3.05) is 5.73 Å². The Kier molecular flexibility index (Phi) is 2.17. The third kappa shape index (κ3) is 1.58. The van der Waals surface area contributed by atoms with Crippen molar-refractivity contribution in [2.45, 2.75) is 0 Å². The van der Waals surface area contributed by atoms with Gasteiger partial charge in [-0.3, -0.25) is 4.98 Å². The first kappa shape index (κ1) is 10.9. The molecule has 2 N–H and O–H groups in total. The number of rotatable bonds is 1. The molecule has 0 fully saturated rings. The minimum Gasteiger partial charge on any atom is -0.367 e. The summed E-state index contributed by atoms with van der Waals surface area (Å²) < 4.78 is 1.70. The van der Waals surface area contributed by atoms with E-state index in [-0.39, 0.29) is 5.95 Å². The average molecular weight is 262 g/mol. The molecule has 0 unspecified atom stereocenters. The lowest BCUT2D eigenvalue weighted by Gasteiger charge is -2.02. The van der Waals surface area contributed by atoms with Gasteiger partial charge in [-0.25, -0.2) is 14.5 Å². The monoisotopic (exact) mass is 262 g/mol. The van der Waals surface area contributed by atoms with Gasteiger partial charge in [0.25, 0.3) is 0 Å². The zero-order chi connectivity index (χ0) is 13.5. The molecule has 0 aliphatic rings. The first-order valence-corrected chi connectivity index (χ1v) is 6.13. The molecule has 0 aliphatic heterocycles. The van der Waals surface area contributed by atoms with Crippen LogP contribution in [0.3, 0.4) is 0 Å². The van der Waals surface area contributed by atoms with E-state index in [0.29, 0.717) is 0 Å². The summed E-state index contributed by atoms with van der Waals surface area (Å²) in [6, 6.07) is 9.67. The molecule has 0 aliphatic carbocycles. The van der Waals surface area contributed by atoms with Crippen molar-refractivity contribution >= 4 is 22.5 Å². The largest absolute Gasteiger partial charge is 0.367 e. The number of aromatic nitrogens is 5. The number of fused-ring (bicyclic) bond motifs is 2. The summed E-state index contributed by atoms with van der Waals surface area (Å²) in [6.45, 7) is 0. The number of hydrogen-bond acceptors (Lipinski definition) is 5. The molecule has 20 heavy (non-hydrogen) atoms. The Bertz CT molecular complexity index is 927. The molecule has 0 atom stereocenters. The summed E-state index contributed by atoms with van der Waals surface area (Å²) in [5, 5.41) is 4.13. The van der Waals surface area contributed by atoms with Crippen LogP contribution in [0.2, 0.25) is 0 Å². The fourth-order valence-corrected chi connectivity index (χ4v) is 2.24. The number of hydrogen-bond donors (Lipinski definition) is 1. The van der Waals surface area contributed by atoms with E-state index in [0.717, 1.165) is 27.8 Å². The van der Waals surface area contributed by atoms with Gasteiger partial charge in [-0.15, -0.1) is 5.10 Å². The van der Waals surface area contributed by atoms with Crippen LogP contribution in [0.4, 0.5) is 5.95 Å². The zero-order valence-electron chi connectivity index (χ0n) is 10.4. The third-order valence-electron chi connectivity index (χ3n) is 3.17. The van der Waals surface area contributed by atoms with Crippen molar-refractivity contribution < 1.29 is 0 Å². The lowest BCUT2D eigenvalue weighted by atomic mass is 10.1. The lowest BCUT2D eigenvalue weighted by molar-refractivity contribution is 0.917. The van der Waals surface area contributed by atoms with Crippen molar-refractivity contribution in [3.05, 3.63) is 48.9 Å². The van der Waals surface area contributed by atoms with Crippen LogP contribution in [0.1, 0.15) is 0 Å². The van der Waals surface area contributed by atoms with Crippen LogP contribution in [-0.4, -0.2) is 24.6 Å². The smallest absolute Gasteiger partial charge is 0.238 e. The SMILES string of the molecule is Nc1ncc2c(-c3ccc4ncccc4n3)ccn2n1. The van der Waals surface area contributed by atoms with Gasteiger partial charge in [0.2, 0.25) is 5.95 Å². The highest BCUT2D eigenvalue weighted by atomic mass is 15.3. The van der Waals surface area contributed by atoms with Crippen LogP contribution in [0.5, 0.6) is 0 Å². The maximum absolute atomic E-state index is 5.58. The molecule has 6 nitrogen and oxygen atoms in total. The number of anilines is 1. The normalized spacial score (nSPS) is 11.2. The highest BCUT2D eigenvalue weighted by molar-refractivity contribution is 5.83. The molecular formula is C14H10N6. The van der Waals surface area contributed by atoms with Gasteiger partial charge in [-0.2, -0.15) is 0 Å². The summed E-state index contributed by atoms with van der Waals surface area (Å²) in [5.74, 6) is 0.246. The van der Waals surface area contributed by atoms with Crippen molar-refractivity contribution in [3.8, 4) is 11.3 Å². The van der Waals surface area contributed by atoms with Crippen molar-refractivity contribution in [3.63, 3.8) is 0 Å². The van der Waals surface area contributed by atoms with Gasteiger partial charge in [0.1, 0.15) is 0 Å². The van der Waals surface area contributed by atoms with E-state index in [4.69, 9.17) is 5.73 Å². The van der Waals surface area contributed by atoms with Crippen LogP contribution in [0.15, 0.2) is 48.9 Å². The highest BCUT2D eigenvalue weighted by Crippen LogP contribution is 2.24. The topological polar surface area (TPSA) is 82.0 Å². The molecule has 4 rings (SSSR count). The molecule has 0 aromatic carbocycles. The lowest BCUT2D eigenvalue weighted by Crippen LogP contribution is -1.99. The van der Waals surface area contributed by atoms with Gasteiger partial charge >= 0.3 is 0 Å². The molecule has 4 aromatic rings. The van der Waals surface area contributed by atoms with Gasteiger partial charge in [0, 0.05) is 18.0 Å². The van der Waals surface area contributed by atoms with Gasteiger partial charge < -0.3 is 5.73 Å². The molecule has 0 radical (unpaired) electrons. The fraction of sp³-hybridized carbons (Fsp3) is 0. The van der Waals surface area contributed by atoms with Crippen LogP contribution >= 0.6 is 0 Å². The second-order valence-electron chi connectivity index (χ2n) is 4.41. The summed E-state index contributed by atoms with van der Waals surface area (Å²) in [5.41, 5.74) is 10.0. The van der Waals surface area contributed by atoms with E-state index >= 15 is 0 Å². The van der Waals surface area contributed by atoms with E-state index in [1.807, 2.05) is 36.5 Å². The summed E-state index contributed by atoms with van der Waals surface area (Å²) in [4.78, 5) is 12.9. The maximum atomic E-state index is 5.58. The van der Waals surface area contributed by atoms with Gasteiger partial charge in [-0.1, -0.05) is 0 Å². The highest BCUT2D eigenvalue weighted by Gasteiger charge is 2.09. The van der Waals surface area contributed by atoms with E-state index in [1.165, 1.54) is 0 Å². The second kappa shape index (κ2) is 3.99. The molecule has 0 saturated carbocycles. The van der Waals surface area contributed by atoms with Gasteiger partial charge in [-0.05, 0) is 30.3 Å². The number of pyridine rings is 2. The first-order chi connectivity index (χ1) is 9.81. The Morgan fingerprint density at radius 2 is 1.95 bits per heavy atom. The molecule has 0 amide bonds. The molecule has 96 valence electrons. The van der Waals surface area contributed by atoms with Crippen LogP contribution in [0.25, 0.3) is 27.8 Å². The third-order valence-corrected chi connectivity index (χ3v) is 3.17. The van der Waals surface area contributed by atoms with Crippen molar-refractivity contribution in [1.82, 2.24) is 24.6 Å². The predicted octanol–water partition coefficient (Wildman–Crippen LogP) is 1.92. The van der Waals surface area contributed by atoms with Crippen LogP contribution < -0.4 is 5.73 Å². The molecular weight excluding hydrogens is 252 g/mol. The number of nitrogens with two attached hydrogens (primary N) is 1. The quantitative estimate of drug-likeness (QED) is 0.566. The standard InChI is InChI=1S/C14H10N6/c15-14-17-8-13-9(5-7-20(13)19-14)10-3-4-11-12(18-10)2-1-6-16-11/h1-8H,(H2,15,19). The summed E-state index contributed by atoms with van der Waals surface area (Å²) in [6.07, 6.45) is 5.30. The Morgan fingerprint density at radius 1 is 1.00 bits per heavy atom. The molecule has 0 bridgehead atoms. The van der Waals surface area contributed by atoms with E-state index in [2.05, 4.69) is 20.1 Å². The van der Waals surface area contributed by atoms with Crippen molar-refractivity contribution in [2.24, 2.45) is 0 Å². The minimum atomic E-state index is 0.246. The Morgan fingerprint density at radius 3 is 2.90 bits per heavy atom. The van der Waals surface area contributed by atoms with E-state index < -0.39 is 0 Å². The Labute approximate surface area is 113 Å². The summed E-state index contributed by atoms with van der Waals surface area (Å²) in [7, 11) is 0. The van der Waals surface area contributed by atoms with Crippen molar-refractivity contribution in [1.29, 1.82) is 0 Å². The zero-order valence-corrected chi connectivity index (χ0v) is 10.4. The van der Waals surface area contributed by atoms with Crippen LogP contribution in [-0.2, 0) is 0 Å². The van der Waals surface area contributed by atoms with Gasteiger partial charge in [0.15, 0.2) is 0 Å². The predicted molar refractivity (Wildman–Crippen MR) is 75.9 cm³/mol. The molecule has 4 heterocycles. The Hall–Kier alpha value is -3.02. The maximum Gasteiger partial charge on any atom is 0.238 e. The summed E-state index contributed by atoms with van der Waals surface area (Å²) >= 11 is 0. The van der Waals surface area contributed by atoms with E-state index in [1.54, 1.807) is 16.9 Å². The fourth-order valence-electron chi connectivity index (χ4n) is 2.24.